The fourth-order valence-corrected chi connectivity index (χ4v) is 2.08. The largest absolute Gasteiger partial charge is 0.396 e. The van der Waals surface area contributed by atoms with E-state index in [1.165, 1.54) is 6.92 Å². The van der Waals surface area contributed by atoms with Crippen LogP contribution in [0.3, 0.4) is 0 Å². The van der Waals surface area contributed by atoms with Crippen molar-refractivity contribution < 1.29 is 19.4 Å². The number of aliphatic hydroxyl groups is 1. The van der Waals surface area contributed by atoms with Gasteiger partial charge in [0.15, 0.2) is 0 Å². The molecule has 1 N–H and O–H groups in total. The molecule has 0 aromatic carbocycles. The highest BCUT2D eigenvalue weighted by atomic mass is 16.5. The number of ether oxygens (including phenoxy) is 1. The van der Waals surface area contributed by atoms with Crippen LogP contribution in [0, 0.1) is 0 Å². The summed E-state index contributed by atoms with van der Waals surface area (Å²) < 4.78 is 5.29. The van der Waals surface area contributed by atoms with Crippen LogP contribution in [0.1, 0.15) is 20.3 Å². The SMILES string of the molecule is CCN(CCCO)C(=O)C1COCCN1C(C)=O. The van der Waals surface area contributed by atoms with E-state index in [9.17, 15) is 9.59 Å². The van der Waals surface area contributed by atoms with E-state index in [0.29, 0.717) is 32.7 Å². The van der Waals surface area contributed by atoms with Crippen LogP contribution in [0.15, 0.2) is 0 Å². The van der Waals surface area contributed by atoms with Gasteiger partial charge in [-0.3, -0.25) is 9.59 Å². The highest BCUT2D eigenvalue weighted by molar-refractivity contribution is 5.87. The molecule has 0 aromatic rings. The highest BCUT2D eigenvalue weighted by Gasteiger charge is 2.33. The van der Waals surface area contributed by atoms with Gasteiger partial charge in [-0.2, -0.15) is 0 Å². The number of rotatable bonds is 5. The quantitative estimate of drug-likeness (QED) is 0.719. The number of nitrogens with zero attached hydrogens (tertiary/aromatic N) is 2. The lowest BCUT2D eigenvalue weighted by atomic mass is 10.2. The highest BCUT2D eigenvalue weighted by Crippen LogP contribution is 2.11. The summed E-state index contributed by atoms with van der Waals surface area (Å²) >= 11 is 0. The fraction of sp³-hybridized carbons (Fsp3) is 0.833. The van der Waals surface area contributed by atoms with Crippen LogP contribution >= 0.6 is 0 Å². The lowest BCUT2D eigenvalue weighted by Gasteiger charge is -2.36. The van der Waals surface area contributed by atoms with Crippen molar-refractivity contribution in [1.82, 2.24) is 9.80 Å². The van der Waals surface area contributed by atoms with Gasteiger partial charge in [0.1, 0.15) is 6.04 Å². The molecule has 0 aliphatic carbocycles. The zero-order chi connectivity index (χ0) is 13.5. The smallest absolute Gasteiger partial charge is 0.247 e. The third kappa shape index (κ3) is 3.68. The molecule has 1 saturated heterocycles. The molecule has 0 aromatic heterocycles. The van der Waals surface area contributed by atoms with Gasteiger partial charge in [0.25, 0.3) is 0 Å². The number of morpholine rings is 1. The van der Waals surface area contributed by atoms with E-state index >= 15 is 0 Å². The second kappa shape index (κ2) is 7.33. The van der Waals surface area contributed by atoms with Crippen molar-refractivity contribution in [2.24, 2.45) is 0 Å². The Morgan fingerprint density at radius 3 is 2.78 bits per heavy atom. The Bertz CT molecular complexity index is 296. The van der Waals surface area contributed by atoms with E-state index in [-0.39, 0.29) is 25.0 Å². The standard InChI is InChI=1S/C12H22N2O4/c1-3-13(5-4-7-15)12(17)11-9-18-8-6-14(11)10(2)16/h11,15H,3-9H2,1-2H3. The second-order valence-electron chi connectivity index (χ2n) is 4.30. The van der Waals surface area contributed by atoms with Gasteiger partial charge in [-0.05, 0) is 13.3 Å². The van der Waals surface area contributed by atoms with E-state index in [1.807, 2.05) is 6.92 Å². The Kier molecular flexibility index (Phi) is 6.07. The molecule has 104 valence electrons. The van der Waals surface area contributed by atoms with Crippen molar-refractivity contribution in [3.8, 4) is 0 Å². The maximum Gasteiger partial charge on any atom is 0.247 e. The van der Waals surface area contributed by atoms with E-state index < -0.39 is 6.04 Å². The van der Waals surface area contributed by atoms with Gasteiger partial charge in [-0.15, -0.1) is 0 Å². The fourth-order valence-electron chi connectivity index (χ4n) is 2.08. The molecule has 1 aliphatic rings. The van der Waals surface area contributed by atoms with Crippen molar-refractivity contribution >= 4 is 11.8 Å². The number of carbonyl (C=O) groups is 2. The summed E-state index contributed by atoms with van der Waals surface area (Å²) in [4.78, 5) is 27.0. The third-order valence-corrected chi connectivity index (χ3v) is 3.10. The molecule has 0 bridgehead atoms. The minimum absolute atomic E-state index is 0.0569. The van der Waals surface area contributed by atoms with Crippen molar-refractivity contribution in [1.29, 1.82) is 0 Å². The summed E-state index contributed by atoms with van der Waals surface area (Å²) in [7, 11) is 0. The third-order valence-electron chi connectivity index (χ3n) is 3.10. The molecule has 0 saturated carbocycles. The van der Waals surface area contributed by atoms with E-state index in [4.69, 9.17) is 9.84 Å². The Morgan fingerprint density at radius 2 is 2.22 bits per heavy atom. The van der Waals surface area contributed by atoms with Gasteiger partial charge in [-0.25, -0.2) is 0 Å². The first-order valence-corrected chi connectivity index (χ1v) is 6.36. The van der Waals surface area contributed by atoms with Crippen LogP contribution in [0.5, 0.6) is 0 Å². The molecule has 1 atom stereocenters. The van der Waals surface area contributed by atoms with Gasteiger partial charge >= 0.3 is 0 Å². The van der Waals surface area contributed by atoms with E-state index in [2.05, 4.69) is 0 Å². The van der Waals surface area contributed by atoms with E-state index in [0.717, 1.165) is 0 Å². The molecule has 1 aliphatic heterocycles. The average Bonchev–Trinajstić information content (AvgIpc) is 2.39. The van der Waals surface area contributed by atoms with Crippen LogP contribution < -0.4 is 0 Å². The zero-order valence-electron chi connectivity index (χ0n) is 11.1. The topological polar surface area (TPSA) is 70.1 Å². The number of likely N-dealkylation sites (N-methyl/N-ethyl adjacent to an activating group) is 1. The minimum atomic E-state index is -0.519. The van der Waals surface area contributed by atoms with Gasteiger partial charge < -0.3 is 19.6 Å². The lowest BCUT2D eigenvalue weighted by molar-refractivity contribution is -0.152. The normalized spacial score (nSPS) is 19.7. The number of hydrogen-bond acceptors (Lipinski definition) is 4. The number of amides is 2. The van der Waals surface area contributed by atoms with Crippen molar-refractivity contribution in [3.05, 3.63) is 0 Å². The van der Waals surface area contributed by atoms with Crippen LogP contribution in [0.4, 0.5) is 0 Å². The molecule has 1 fully saturated rings. The molecule has 1 unspecified atom stereocenters. The van der Waals surface area contributed by atoms with Gasteiger partial charge in [-0.1, -0.05) is 0 Å². The first-order chi connectivity index (χ1) is 8.61. The Labute approximate surface area is 107 Å². The van der Waals surface area contributed by atoms with Crippen molar-refractivity contribution in [2.75, 3.05) is 39.5 Å². The summed E-state index contributed by atoms with van der Waals surface area (Å²) in [6.45, 7) is 5.69. The molecule has 2 amide bonds. The Balaban J connectivity index is 2.68. The van der Waals surface area contributed by atoms with E-state index in [1.54, 1.807) is 9.80 Å². The zero-order valence-corrected chi connectivity index (χ0v) is 11.1. The first-order valence-electron chi connectivity index (χ1n) is 6.36. The maximum atomic E-state index is 12.3. The van der Waals surface area contributed by atoms with Gasteiger partial charge in [0.05, 0.1) is 13.2 Å². The van der Waals surface area contributed by atoms with Crippen molar-refractivity contribution in [3.63, 3.8) is 0 Å². The molecule has 0 spiro atoms. The first kappa shape index (κ1) is 14.9. The maximum absolute atomic E-state index is 12.3. The summed E-state index contributed by atoms with van der Waals surface area (Å²) in [6, 6.07) is -0.519. The van der Waals surface area contributed by atoms with Crippen LogP contribution in [0.25, 0.3) is 0 Å². The van der Waals surface area contributed by atoms with Crippen LogP contribution in [-0.4, -0.2) is 72.2 Å². The van der Waals surface area contributed by atoms with Crippen molar-refractivity contribution in [2.45, 2.75) is 26.3 Å². The molecule has 0 radical (unpaired) electrons. The molecule has 6 nitrogen and oxygen atoms in total. The number of aliphatic hydroxyl groups excluding tert-OH is 1. The molecule has 6 heteroatoms. The number of carbonyl (C=O) groups excluding carboxylic acids is 2. The Morgan fingerprint density at radius 1 is 1.50 bits per heavy atom. The molecule has 1 heterocycles. The predicted molar refractivity (Wildman–Crippen MR) is 66.0 cm³/mol. The predicted octanol–water partition coefficient (Wildman–Crippen LogP) is -0.535. The van der Waals surface area contributed by atoms with Crippen LogP contribution in [-0.2, 0) is 14.3 Å². The molecule has 1 rings (SSSR count). The molecular formula is C12H22N2O4. The second-order valence-corrected chi connectivity index (χ2v) is 4.30. The summed E-state index contributed by atoms with van der Waals surface area (Å²) in [5.74, 6) is -0.198. The molecule has 18 heavy (non-hydrogen) atoms. The molecular weight excluding hydrogens is 236 g/mol. The summed E-state index contributed by atoms with van der Waals surface area (Å²) in [5.41, 5.74) is 0. The number of hydrogen-bond donors (Lipinski definition) is 1. The lowest BCUT2D eigenvalue weighted by Crippen LogP contribution is -2.56. The Hall–Kier alpha value is -1.14. The monoisotopic (exact) mass is 258 g/mol. The summed E-state index contributed by atoms with van der Waals surface area (Å²) in [6.07, 6.45) is 0.549. The van der Waals surface area contributed by atoms with Gasteiger partial charge in [0.2, 0.25) is 11.8 Å². The van der Waals surface area contributed by atoms with Gasteiger partial charge in [0, 0.05) is 33.2 Å². The summed E-state index contributed by atoms with van der Waals surface area (Å²) in [5, 5.41) is 8.82. The van der Waals surface area contributed by atoms with Crippen LogP contribution in [0.2, 0.25) is 0 Å². The minimum Gasteiger partial charge on any atom is -0.396 e. The average molecular weight is 258 g/mol.